The van der Waals surface area contributed by atoms with Crippen molar-refractivity contribution in [3.63, 3.8) is 0 Å². The average Bonchev–Trinajstić information content (AvgIpc) is 2.15. The van der Waals surface area contributed by atoms with Crippen LogP contribution >= 0.6 is 0 Å². The van der Waals surface area contributed by atoms with Gasteiger partial charge in [0.15, 0.2) is 0 Å². The van der Waals surface area contributed by atoms with E-state index < -0.39 is 16.3 Å². The summed E-state index contributed by atoms with van der Waals surface area (Å²) >= 11 is 0. The maximum Gasteiger partial charge on any atom is 0.265 e. The van der Waals surface area contributed by atoms with Crippen molar-refractivity contribution in [3.8, 4) is 0 Å². The van der Waals surface area contributed by atoms with E-state index in [4.69, 9.17) is 4.18 Å². The molecule has 0 fully saturated rings. The zero-order valence-electron chi connectivity index (χ0n) is 8.10. The van der Waals surface area contributed by atoms with Gasteiger partial charge in [0, 0.05) is 18.8 Å². The number of hydrogen-bond acceptors (Lipinski definition) is 6. The summed E-state index contributed by atoms with van der Waals surface area (Å²) in [6.07, 6.45) is 4.24. The summed E-state index contributed by atoms with van der Waals surface area (Å²) in [6.45, 7) is 0. The van der Waals surface area contributed by atoms with Gasteiger partial charge < -0.3 is 5.43 Å². The van der Waals surface area contributed by atoms with E-state index in [0.29, 0.717) is 6.42 Å². The molecule has 6 nitrogen and oxygen atoms in total. The second-order valence-corrected chi connectivity index (χ2v) is 4.90. The second kappa shape index (κ2) is 3.76. The normalized spacial score (nSPS) is 20.5. The van der Waals surface area contributed by atoms with Crippen LogP contribution in [0.5, 0.6) is 0 Å². The Bertz CT molecular complexity index is 460. The molecule has 2 rings (SSSR count). The number of hydrazine groups is 1. The van der Waals surface area contributed by atoms with Crippen LogP contribution in [0.25, 0.3) is 0 Å². The number of nitrogens with one attached hydrogen (secondary N) is 2. The second-order valence-electron chi connectivity index (χ2n) is 3.30. The maximum atomic E-state index is 10.9. The lowest BCUT2D eigenvalue weighted by Crippen LogP contribution is -2.42. The number of fused-ring (bicyclic) bond motifs is 1. The van der Waals surface area contributed by atoms with E-state index in [0.717, 1.165) is 17.5 Å². The van der Waals surface area contributed by atoms with Crippen LogP contribution in [0.3, 0.4) is 0 Å². The highest BCUT2D eigenvalue weighted by atomic mass is 32.2. The molecule has 1 aromatic rings. The van der Waals surface area contributed by atoms with Crippen molar-refractivity contribution >= 4 is 15.8 Å². The molecule has 1 aliphatic heterocycles. The van der Waals surface area contributed by atoms with Gasteiger partial charge in [-0.15, -0.1) is 0 Å². The first-order valence-corrected chi connectivity index (χ1v) is 6.19. The molecule has 0 aromatic carbocycles. The van der Waals surface area contributed by atoms with Crippen LogP contribution in [0.2, 0.25) is 0 Å². The van der Waals surface area contributed by atoms with Crippen LogP contribution in [0.1, 0.15) is 5.56 Å². The number of hydrogen-bond donors (Lipinski definition) is 2. The molecule has 0 saturated carbocycles. The number of aromatic nitrogens is 1. The molecule has 0 radical (unpaired) electrons. The lowest BCUT2D eigenvalue weighted by molar-refractivity contribution is 0.178. The van der Waals surface area contributed by atoms with Gasteiger partial charge in [-0.1, -0.05) is 0 Å². The molecule has 0 aliphatic carbocycles. The highest BCUT2D eigenvalue weighted by Gasteiger charge is 2.21. The van der Waals surface area contributed by atoms with Crippen molar-refractivity contribution in [3.05, 3.63) is 24.0 Å². The topological polar surface area (TPSA) is 80.3 Å². The SMILES string of the molecule is CS(=O)(=O)OC1Cc2cnccc2NN1. The Hall–Kier alpha value is -1.18. The maximum absolute atomic E-state index is 10.9. The quantitative estimate of drug-likeness (QED) is 0.687. The van der Waals surface area contributed by atoms with Gasteiger partial charge in [-0.05, 0) is 11.6 Å². The van der Waals surface area contributed by atoms with Gasteiger partial charge in [0.2, 0.25) is 0 Å². The lowest BCUT2D eigenvalue weighted by atomic mass is 10.1. The van der Waals surface area contributed by atoms with E-state index in [1.54, 1.807) is 18.5 Å². The van der Waals surface area contributed by atoms with E-state index in [9.17, 15) is 8.42 Å². The van der Waals surface area contributed by atoms with Gasteiger partial charge >= 0.3 is 0 Å². The van der Waals surface area contributed by atoms with E-state index in [2.05, 4.69) is 15.8 Å². The van der Waals surface area contributed by atoms with Gasteiger partial charge in [-0.25, -0.2) is 9.61 Å². The first kappa shape index (κ1) is 10.3. The standard InChI is InChI=1S/C8H11N3O3S/c1-15(12,13)14-8-4-6-5-9-3-2-7(6)10-11-8/h2-3,5,8,10-11H,4H2,1H3. The van der Waals surface area contributed by atoms with Gasteiger partial charge in [-0.2, -0.15) is 8.42 Å². The fourth-order valence-corrected chi connectivity index (χ4v) is 1.93. The van der Waals surface area contributed by atoms with Crippen molar-refractivity contribution in [2.45, 2.75) is 12.6 Å². The lowest BCUT2D eigenvalue weighted by Gasteiger charge is -2.25. The molecule has 2 heterocycles. The van der Waals surface area contributed by atoms with E-state index >= 15 is 0 Å². The summed E-state index contributed by atoms with van der Waals surface area (Å²) in [7, 11) is -3.45. The van der Waals surface area contributed by atoms with E-state index in [-0.39, 0.29) is 0 Å². The minimum Gasteiger partial charge on any atom is -0.319 e. The van der Waals surface area contributed by atoms with Crippen molar-refractivity contribution < 1.29 is 12.6 Å². The molecule has 0 amide bonds. The molecule has 15 heavy (non-hydrogen) atoms. The fourth-order valence-electron chi connectivity index (χ4n) is 1.39. The molecule has 1 aliphatic rings. The molecule has 1 aromatic heterocycles. The third-order valence-electron chi connectivity index (χ3n) is 1.97. The summed E-state index contributed by atoms with van der Waals surface area (Å²) in [5, 5.41) is 0. The Labute approximate surface area is 87.8 Å². The van der Waals surface area contributed by atoms with Crippen molar-refractivity contribution in [1.29, 1.82) is 0 Å². The van der Waals surface area contributed by atoms with Gasteiger partial charge in [0.1, 0.15) is 6.23 Å². The summed E-state index contributed by atoms with van der Waals surface area (Å²) in [6, 6.07) is 1.80. The van der Waals surface area contributed by atoms with Gasteiger partial charge in [-0.3, -0.25) is 4.98 Å². The van der Waals surface area contributed by atoms with Crippen molar-refractivity contribution in [2.75, 3.05) is 11.7 Å². The van der Waals surface area contributed by atoms with Crippen LogP contribution in [0.15, 0.2) is 18.5 Å². The largest absolute Gasteiger partial charge is 0.319 e. The first-order chi connectivity index (χ1) is 7.04. The van der Waals surface area contributed by atoms with Gasteiger partial charge in [0.05, 0.1) is 11.9 Å². The molecule has 7 heteroatoms. The average molecular weight is 229 g/mol. The van der Waals surface area contributed by atoms with Crippen molar-refractivity contribution in [2.24, 2.45) is 0 Å². The minimum absolute atomic E-state index is 0.462. The minimum atomic E-state index is -3.45. The van der Waals surface area contributed by atoms with Crippen LogP contribution < -0.4 is 10.9 Å². The summed E-state index contributed by atoms with van der Waals surface area (Å²) in [5.74, 6) is 0. The van der Waals surface area contributed by atoms with Crippen LogP contribution in [-0.2, 0) is 20.7 Å². The zero-order valence-corrected chi connectivity index (χ0v) is 8.91. The zero-order chi connectivity index (χ0) is 10.9. The number of anilines is 1. The predicted molar refractivity (Wildman–Crippen MR) is 54.4 cm³/mol. The Balaban J connectivity index is 2.12. The molecule has 0 bridgehead atoms. The number of pyridine rings is 1. The highest BCUT2D eigenvalue weighted by molar-refractivity contribution is 7.86. The number of nitrogens with zero attached hydrogens (tertiary/aromatic N) is 1. The molecular formula is C8H11N3O3S. The molecular weight excluding hydrogens is 218 g/mol. The summed E-state index contributed by atoms with van der Waals surface area (Å²) in [4.78, 5) is 3.96. The Morgan fingerprint density at radius 2 is 2.40 bits per heavy atom. The van der Waals surface area contributed by atoms with E-state index in [1.807, 2.05) is 0 Å². The summed E-state index contributed by atoms with van der Waals surface area (Å²) in [5.41, 5.74) is 7.42. The fraction of sp³-hybridized carbons (Fsp3) is 0.375. The third-order valence-corrected chi connectivity index (χ3v) is 2.55. The Kier molecular flexibility index (Phi) is 2.59. The molecule has 0 saturated heterocycles. The molecule has 2 N–H and O–H groups in total. The van der Waals surface area contributed by atoms with E-state index in [1.165, 1.54) is 0 Å². The Morgan fingerprint density at radius 1 is 1.60 bits per heavy atom. The third kappa shape index (κ3) is 2.65. The van der Waals surface area contributed by atoms with Crippen molar-refractivity contribution in [1.82, 2.24) is 10.4 Å². The summed E-state index contributed by atoms with van der Waals surface area (Å²) < 4.78 is 26.6. The molecule has 1 unspecified atom stereocenters. The highest BCUT2D eigenvalue weighted by Crippen LogP contribution is 2.19. The molecule has 1 atom stereocenters. The monoisotopic (exact) mass is 229 g/mol. The van der Waals surface area contributed by atoms with Gasteiger partial charge in [0.25, 0.3) is 10.1 Å². The number of rotatable bonds is 2. The Morgan fingerprint density at radius 3 is 3.13 bits per heavy atom. The molecule has 82 valence electrons. The van der Waals surface area contributed by atoms with Crippen LogP contribution in [-0.4, -0.2) is 25.9 Å². The van der Waals surface area contributed by atoms with Crippen LogP contribution in [0.4, 0.5) is 5.69 Å². The van der Waals surface area contributed by atoms with Crippen LogP contribution in [0, 0.1) is 0 Å². The first-order valence-electron chi connectivity index (χ1n) is 4.37. The molecule has 0 spiro atoms. The smallest absolute Gasteiger partial charge is 0.265 e. The predicted octanol–water partition coefficient (Wildman–Crippen LogP) is -0.144.